The van der Waals surface area contributed by atoms with Gasteiger partial charge in [-0.3, -0.25) is 0 Å². The fourth-order valence-electron chi connectivity index (χ4n) is 1.30. The smallest absolute Gasteiger partial charge is 0.330 e. The number of nitrogens with two attached hydrogens (primary N) is 1. The number of hydrogen-bond donors (Lipinski definition) is 1. The van der Waals surface area contributed by atoms with Crippen LogP contribution in [0.15, 0.2) is 18.2 Å². The van der Waals surface area contributed by atoms with Crippen molar-refractivity contribution in [2.75, 3.05) is 33.2 Å². The van der Waals surface area contributed by atoms with Crippen molar-refractivity contribution in [1.82, 2.24) is 0 Å². The molecule has 0 aliphatic rings. The van der Waals surface area contributed by atoms with E-state index in [2.05, 4.69) is 4.74 Å². The summed E-state index contributed by atoms with van der Waals surface area (Å²) in [7, 11) is 2.88. The van der Waals surface area contributed by atoms with Crippen LogP contribution in [0.25, 0.3) is 6.08 Å². The Morgan fingerprint density at radius 1 is 1.37 bits per heavy atom. The lowest BCUT2D eigenvalue weighted by Gasteiger charge is -2.10. The number of anilines is 1. The van der Waals surface area contributed by atoms with E-state index in [1.807, 2.05) is 0 Å². The van der Waals surface area contributed by atoms with Gasteiger partial charge in [0.15, 0.2) is 0 Å². The standard InChI is InChI=1S/C13H16ClNO4/c1-17-5-6-19-12-7-9(3-4-13(16)18-2)11(15)8-10(12)14/h3-4,7-8H,5-6,15H2,1-2H3. The van der Waals surface area contributed by atoms with E-state index in [-0.39, 0.29) is 0 Å². The van der Waals surface area contributed by atoms with Crippen molar-refractivity contribution in [2.45, 2.75) is 0 Å². The van der Waals surface area contributed by atoms with Gasteiger partial charge in [-0.2, -0.15) is 0 Å². The highest BCUT2D eigenvalue weighted by Gasteiger charge is 2.06. The molecule has 0 amide bonds. The number of halogens is 1. The fraction of sp³-hybridized carbons (Fsp3) is 0.308. The highest BCUT2D eigenvalue weighted by Crippen LogP contribution is 2.30. The van der Waals surface area contributed by atoms with Crippen molar-refractivity contribution in [3.05, 3.63) is 28.8 Å². The van der Waals surface area contributed by atoms with E-state index in [1.165, 1.54) is 13.2 Å². The first-order chi connectivity index (χ1) is 9.08. The number of carbonyl (C=O) groups excluding carboxylic acids is 1. The second-order valence-corrected chi connectivity index (χ2v) is 4.02. The van der Waals surface area contributed by atoms with Crippen molar-refractivity contribution in [3.8, 4) is 5.75 Å². The van der Waals surface area contributed by atoms with Gasteiger partial charge in [-0.15, -0.1) is 0 Å². The van der Waals surface area contributed by atoms with Gasteiger partial charge in [0.05, 0.1) is 18.7 Å². The Hall–Kier alpha value is -1.72. The van der Waals surface area contributed by atoms with Crippen LogP contribution in [0.5, 0.6) is 5.75 Å². The average Bonchev–Trinajstić information content (AvgIpc) is 2.39. The molecular weight excluding hydrogens is 270 g/mol. The zero-order valence-electron chi connectivity index (χ0n) is 10.8. The highest BCUT2D eigenvalue weighted by atomic mass is 35.5. The number of hydrogen-bond acceptors (Lipinski definition) is 5. The van der Waals surface area contributed by atoms with Gasteiger partial charge in [0.25, 0.3) is 0 Å². The van der Waals surface area contributed by atoms with Gasteiger partial charge in [-0.05, 0) is 18.2 Å². The summed E-state index contributed by atoms with van der Waals surface area (Å²) in [4.78, 5) is 11.0. The number of rotatable bonds is 6. The summed E-state index contributed by atoms with van der Waals surface area (Å²) in [5.41, 5.74) is 6.88. The molecule has 104 valence electrons. The van der Waals surface area contributed by atoms with Crippen molar-refractivity contribution < 1.29 is 19.0 Å². The highest BCUT2D eigenvalue weighted by molar-refractivity contribution is 6.32. The summed E-state index contributed by atoms with van der Waals surface area (Å²) in [6.45, 7) is 0.828. The summed E-state index contributed by atoms with van der Waals surface area (Å²) in [6, 6.07) is 3.23. The van der Waals surface area contributed by atoms with Crippen LogP contribution in [0.1, 0.15) is 5.56 Å². The molecule has 0 atom stereocenters. The largest absolute Gasteiger partial charge is 0.490 e. The van der Waals surface area contributed by atoms with Crippen LogP contribution < -0.4 is 10.5 Å². The van der Waals surface area contributed by atoms with Crippen LogP contribution in [0.3, 0.4) is 0 Å². The number of ether oxygens (including phenoxy) is 3. The van der Waals surface area contributed by atoms with Gasteiger partial charge in [-0.1, -0.05) is 11.6 Å². The lowest BCUT2D eigenvalue weighted by Crippen LogP contribution is -2.05. The molecule has 19 heavy (non-hydrogen) atoms. The first-order valence-electron chi connectivity index (χ1n) is 5.55. The first kappa shape index (κ1) is 15.3. The SMILES string of the molecule is COCCOc1cc(C=CC(=O)OC)c(N)cc1Cl. The van der Waals surface area contributed by atoms with Crippen LogP contribution in [0, 0.1) is 0 Å². The Morgan fingerprint density at radius 2 is 2.11 bits per heavy atom. The van der Waals surface area contributed by atoms with Crippen molar-refractivity contribution >= 4 is 29.3 Å². The maximum Gasteiger partial charge on any atom is 0.330 e. The molecule has 0 aromatic heterocycles. The third kappa shape index (κ3) is 4.81. The molecule has 1 rings (SSSR count). The topological polar surface area (TPSA) is 70.8 Å². The van der Waals surface area contributed by atoms with E-state index in [9.17, 15) is 4.79 Å². The Balaban J connectivity index is 2.89. The van der Waals surface area contributed by atoms with Gasteiger partial charge < -0.3 is 19.9 Å². The normalized spacial score (nSPS) is 10.7. The Morgan fingerprint density at radius 3 is 2.74 bits per heavy atom. The molecule has 0 bridgehead atoms. The van der Waals surface area contributed by atoms with Crippen molar-refractivity contribution in [2.24, 2.45) is 0 Å². The van der Waals surface area contributed by atoms with Gasteiger partial charge in [0.1, 0.15) is 12.4 Å². The second kappa shape index (κ2) is 7.66. The molecule has 1 aromatic carbocycles. The minimum absolute atomic E-state index is 0.375. The summed E-state index contributed by atoms with van der Waals surface area (Å²) < 4.78 is 14.8. The Kier molecular flexibility index (Phi) is 6.18. The molecule has 0 saturated heterocycles. The Labute approximate surface area is 116 Å². The predicted molar refractivity (Wildman–Crippen MR) is 74.3 cm³/mol. The molecule has 0 spiro atoms. The molecule has 0 unspecified atom stereocenters. The molecule has 0 heterocycles. The van der Waals surface area contributed by atoms with Crippen LogP contribution in [-0.4, -0.2) is 33.4 Å². The van der Waals surface area contributed by atoms with E-state index in [0.717, 1.165) is 0 Å². The Bertz CT molecular complexity index is 474. The van der Waals surface area contributed by atoms with Gasteiger partial charge in [0, 0.05) is 24.4 Å². The van der Waals surface area contributed by atoms with E-state index in [4.69, 9.17) is 26.8 Å². The lowest BCUT2D eigenvalue weighted by atomic mass is 10.1. The molecule has 2 N–H and O–H groups in total. The molecule has 6 heteroatoms. The average molecular weight is 286 g/mol. The van der Waals surface area contributed by atoms with Crippen LogP contribution in [0.2, 0.25) is 5.02 Å². The maximum absolute atomic E-state index is 11.0. The van der Waals surface area contributed by atoms with E-state index in [1.54, 1.807) is 25.3 Å². The number of methoxy groups -OCH3 is 2. The fourth-order valence-corrected chi connectivity index (χ4v) is 1.53. The predicted octanol–water partition coefficient (Wildman–Crippen LogP) is 2.13. The van der Waals surface area contributed by atoms with Crippen LogP contribution in [-0.2, 0) is 14.3 Å². The van der Waals surface area contributed by atoms with Crippen molar-refractivity contribution in [1.29, 1.82) is 0 Å². The molecule has 0 aliphatic carbocycles. The van der Waals surface area contributed by atoms with E-state index < -0.39 is 5.97 Å². The zero-order chi connectivity index (χ0) is 14.3. The third-order valence-corrected chi connectivity index (χ3v) is 2.58. The minimum Gasteiger partial charge on any atom is -0.490 e. The molecule has 5 nitrogen and oxygen atoms in total. The molecule has 0 fully saturated rings. The number of esters is 1. The molecule has 1 aromatic rings. The molecular formula is C13H16ClNO4. The molecule has 0 radical (unpaired) electrons. The number of carbonyl (C=O) groups is 1. The van der Waals surface area contributed by atoms with Crippen LogP contribution >= 0.6 is 11.6 Å². The summed E-state index contributed by atoms with van der Waals surface area (Å²) in [6.07, 6.45) is 2.82. The molecule has 0 saturated carbocycles. The monoisotopic (exact) mass is 285 g/mol. The zero-order valence-corrected chi connectivity index (χ0v) is 11.6. The maximum atomic E-state index is 11.0. The van der Waals surface area contributed by atoms with E-state index in [0.29, 0.717) is 35.2 Å². The van der Waals surface area contributed by atoms with E-state index >= 15 is 0 Å². The van der Waals surface area contributed by atoms with Crippen LogP contribution in [0.4, 0.5) is 5.69 Å². The van der Waals surface area contributed by atoms with Gasteiger partial charge >= 0.3 is 5.97 Å². The van der Waals surface area contributed by atoms with Gasteiger partial charge in [0.2, 0.25) is 0 Å². The third-order valence-electron chi connectivity index (χ3n) is 2.28. The quantitative estimate of drug-likeness (QED) is 0.375. The molecule has 0 aliphatic heterocycles. The second-order valence-electron chi connectivity index (χ2n) is 3.61. The summed E-state index contributed by atoms with van der Waals surface area (Å²) in [5.74, 6) is 0.0219. The van der Waals surface area contributed by atoms with Gasteiger partial charge in [-0.25, -0.2) is 4.79 Å². The summed E-state index contributed by atoms with van der Waals surface area (Å²) in [5, 5.41) is 0.406. The first-order valence-corrected chi connectivity index (χ1v) is 5.93. The van der Waals surface area contributed by atoms with Crippen molar-refractivity contribution in [3.63, 3.8) is 0 Å². The number of benzene rings is 1. The lowest BCUT2D eigenvalue weighted by molar-refractivity contribution is -0.134. The number of nitrogen functional groups attached to an aromatic ring is 1. The minimum atomic E-state index is -0.462. The summed E-state index contributed by atoms with van der Waals surface area (Å²) >= 11 is 6.01.